The summed E-state index contributed by atoms with van der Waals surface area (Å²) in [6, 6.07) is 15.3. The van der Waals surface area contributed by atoms with Crippen LogP contribution in [-0.4, -0.2) is 40.7 Å². The lowest BCUT2D eigenvalue weighted by molar-refractivity contribution is 0.103. The molecule has 0 aliphatic heterocycles. The van der Waals surface area contributed by atoms with Crippen molar-refractivity contribution in [1.82, 2.24) is 34.9 Å². The third kappa shape index (κ3) is 3.14. The van der Waals surface area contributed by atoms with E-state index in [1.165, 1.54) is 6.20 Å². The van der Waals surface area contributed by atoms with Gasteiger partial charge in [0.25, 0.3) is 0 Å². The van der Waals surface area contributed by atoms with Crippen molar-refractivity contribution < 1.29 is 4.79 Å². The Bertz CT molecular complexity index is 1660. The number of nitrogens with zero attached hydrogens (tertiary/aromatic N) is 5. The largest absolute Gasteiger partial charge is 0.383 e. The smallest absolute Gasteiger partial charge is 0.214 e. The Labute approximate surface area is 187 Å². The van der Waals surface area contributed by atoms with Gasteiger partial charge < -0.3 is 15.7 Å². The van der Waals surface area contributed by atoms with Crippen LogP contribution in [0, 0.1) is 6.92 Å². The van der Waals surface area contributed by atoms with Crippen LogP contribution in [0.1, 0.15) is 21.9 Å². The Kier molecular flexibility index (Phi) is 4.09. The number of hydrogen-bond acceptors (Lipinski definition) is 6. The number of nitrogens with one attached hydrogen (secondary N) is 2. The molecule has 0 atom stereocenters. The Hall–Kier alpha value is -4.79. The maximum atomic E-state index is 13.3. The van der Waals surface area contributed by atoms with Crippen LogP contribution in [0.25, 0.3) is 38.8 Å². The van der Waals surface area contributed by atoms with E-state index in [4.69, 9.17) is 5.73 Å². The van der Waals surface area contributed by atoms with Crippen molar-refractivity contribution in [3.8, 4) is 16.8 Å². The van der Waals surface area contributed by atoms with E-state index in [0.717, 1.165) is 44.6 Å². The van der Waals surface area contributed by atoms with Crippen molar-refractivity contribution in [3.05, 3.63) is 84.2 Å². The van der Waals surface area contributed by atoms with Crippen LogP contribution >= 0.6 is 0 Å². The first-order valence-corrected chi connectivity index (χ1v) is 10.3. The van der Waals surface area contributed by atoms with Gasteiger partial charge in [0.1, 0.15) is 11.6 Å². The Morgan fingerprint density at radius 1 is 0.939 bits per heavy atom. The maximum absolute atomic E-state index is 13.3. The number of rotatable bonds is 4. The van der Waals surface area contributed by atoms with E-state index in [1.807, 2.05) is 55.5 Å². The van der Waals surface area contributed by atoms with Crippen molar-refractivity contribution in [2.45, 2.75) is 6.92 Å². The van der Waals surface area contributed by atoms with E-state index in [1.54, 1.807) is 17.1 Å². The van der Waals surface area contributed by atoms with Crippen LogP contribution in [0.15, 0.2) is 67.1 Å². The number of nitrogen functional groups attached to an aromatic ring is 1. The van der Waals surface area contributed by atoms with Crippen molar-refractivity contribution in [2.75, 3.05) is 5.73 Å². The van der Waals surface area contributed by atoms with E-state index in [0.29, 0.717) is 11.3 Å². The zero-order valence-corrected chi connectivity index (χ0v) is 17.6. The highest BCUT2D eigenvalue weighted by Crippen LogP contribution is 2.27. The summed E-state index contributed by atoms with van der Waals surface area (Å²) in [4.78, 5) is 24.1. The molecule has 0 fully saturated rings. The SMILES string of the molecule is Cc1nc2cc(-n3ncc(C(=O)c4cc5ccc(-c6ccnnc6)cc5[nH]4)c3N)ccc2[nH]1. The Morgan fingerprint density at radius 2 is 1.85 bits per heavy atom. The molecule has 0 amide bonds. The molecule has 0 unspecified atom stereocenters. The zero-order valence-electron chi connectivity index (χ0n) is 17.6. The number of anilines is 1. The summed E-state index contributed by atoms with van der Waals surface area (Å²) in [6.07, 6.45) is 4.85. The number of carbonyl (C=O) groups is 1. The van der Waals surface area contributed by atoms with Gasteiger partial charge in [0.05, 0.1) is 46.6 Å². The Balaban J connectivity index is 1.35. The monoisotopic (exact) mass is 434 g/mol. The highest BCUT2D eigenvalue weighted by molar-refractivity contribution is 6.12. The van der Waals surface area contributed by atoms with Gasteiger partial charge in [0.15, 0.2) is 0 Å². The normalized spacial score (nSPS) is 11.4. The predicted molar refractivity (Wildman–Crippen MR) is 125 cm³/mol. The van der Waals surface area contributed by atoms with Gasteiger partial charge in [0, 0.05) is 16.5 Å². The minimum atomic E-state index is -0.223. The Morgan fingerprint density at radius 3 is 2.70 bits per heavy atom. The average molecular weight is 434 g/mol. The quantitative estimate of drug-likeness (QED) is 0.362. The molecule has 0 spiro atoms. The third-order valence-electron chi connectivity index (χ3n) is 5.67. The number of ketones is 1. The molecule has 9 heteroatoms. The van der Waals surface area contributed by atoms with E-state index in [-0.39, 0.29) is 11.6 Å². The molecule has 33 heavy (non-hydrogen) atoms. The lowest BCUT2D eigenvalue weighted by Crippen LogP contribution is -2.07. The number of benzene rings is 2. The number of nitrogens with two attached hydrogens (primary N) is 1. The first-order valence-electron chi connectivity index (χ1n) is 10.3. The molecule has 0 bridgehead atoms. The van der Waals surface area contributed by atoms with Gasteiger partial charge in [-0.15, -0.1) is 0 Å². The fourth-order valence-corrected chi connectivity index (χ4v) is 4.03. The lowest BCUT2D eigenvalue weighted by Gasteiger charge is -2.05. The molecular weight excluding hydrogens is 416 g/mol. The molecule has 0 radical (unpaired) electrons. The molecule has 9 nitrogen and oxygen atoms in total. The first-order chi connectivity index (χ1) is 16.1. The summed E-state index contributed by atoms with van der Waals surface area (Å²) >= 11 is 0. The molecule has 0 saturated carbocycles. The topological polar surface area (TPSA) is 131 Å². The van der Waals surface area contributed by atoms with Crippen molar-refractivity contribution >= 4 is 33.5 Å². The highest BCUT2D eigenvalue weighted by atomic mass is 16.1. The van der Waals surface area contributed by atoms with E-state index in [9.17, 15) is 4.79 Å². The summed E-state index contributed by atoms with van der Waals surface area (Å²) in [5, 5.41) is 13.0. The van der Waals surface area contributed by atoms with Gasteiger partial charge in [-0.2, -0.15) is 15.3 Å². The molecule has 4 N–H and O–H groups in total. The van der Waals surface area contributed by atoms with Crippen molar-refractivity contribution in [2.24, 2.45) is 0 Å². The van der Waals surface area contributed by atoms with Gasteiger partial charge in [-0.1, -0.05) is 12.1 Å². The fraction of sp³-hybridized carbons (Fsp3) is 0.0417. The van der Waals surface area contributed by atoms with Crippen LogP contribution < -0.4 is 5.73 Å². The van der Waals surface area contributed by atoms with Crippen molar-refractivity contribution in [1.29, 1.82) is 0 Å². The molecule has 4 aromatic heterocycles. The molecule has 6 aromatic rings. The number of fused-ring (bicyclic) bond motifs is 2. The summed E-state index contributed by atoms with van der Waals surface area (Å²) in [5.74, 6) is 0.876. The van der Waals surface area contributed by atoms with Gasteiger partial charge >= 0.3 is 0 Å². The van der Waals surface area contributed by atoms with Crippen LogP contribution in [0.4, 0.5) is 5.82 Å². The molecule has 6 rings (SSSR count). The molecule has 0 aliphatic carbocycles. The fourth-order valence-electron chi connectivity index (χ4n) is 4.03. The summed E-state index contributed by atoms with van der Waals surface area (Å²) in [6.45, 7) is 1.90. The molecule has 4 heterocycles. The number of carbonyl (C=O) groups excluding carboxylic acids is 1. The number of imidazole rings is 1. The van der Waals surface area contributed by atoms with Crippen LogP contribution in [0.2, 0.25) is 0 Å². The standard InChI is InChI=1S/C24H18N8O/c1-13-29-19-5-4-17(10-21(19)30-13)32-24(25)18(12-28-32)23(33)22-9-15-3-2-14(8-20(15)31-22)16-6-7-26-27-11-16/h2-12,31H,25H2,1H3,(H,29,30). The molecule has 2 aromatic carbocycles. The summed E-state index contributed by atoms with van der Waals surface area (Å²) in [5.41, 5.74) is 12.4. The number of H-pyrrole nitrogens is 2. The van der Waals surface area contributed by atoms with Crippen LogP contribution in [0.5, 0.6) is 0 Å². The second-order valence-electron chi connectivity index (χ2n) is 7.82. The number of aromatic amines is 2. The minimum absolute atomic E-state index is 0.223. The highest BCUT2D eigenvalue weighted by Gasteiger charge is 2.20. The predicted octanol–water partition coefficient (Wildman–Crippen LogP) is 3.81. The van der Waals surface area contributed by atoms with E-state index in [2.05, 4.69) is 30.2 Å². The number of aryl methyl sites for hydroxylation is 1. The molecule has 0 saturated heterocycles. The van der Waals surface area contributed by atoms with Crippen LogP contribution in [-0.2, 0) is 0 Å². The van der Waals surface area contributed by atoms with Crippen LogP contribution in [0.3, 0.4) is 0 Å². The summed E-state index contributed by atoms with van der Waals surface area (Å²) < 4.78 is 1.55. The van der Waals surface area contributed by atoms with Gasteiger partial charge in [0.2, 0.25) is 5.78 Å². The molecular formula is C24H18N8O. The number of aromatic nitrogens is 7. The number of hydrogen-bond donors (Lipinski definition) is 3. The van der Waals surface area contributed by atoms with E-state index < -0.39 is 0 Å². The minimum Gasteiger partial charge on any atom is -0.383 e. The van der Waals surface area contributed by atoms with Gasteiger partial charge in [-0.3, -0.25) is 4.79 Å². The average Bonchev–Trinajstić information content (AvgIpc) is 3.53. The van der Waals surface area contributed by atoms with Gasteiger partial charge in [-0.05, 0) is 48.9 Å². The maximum Gasteiger partial charge on any atom is 0.214 e. The molecule has 160 valence electrons. The van der Waals surface area contributed by atoms with E-state index >= 15 is 0 Å². The zero-order chi connectivity index (χ0) is 22.5. The third-order valence-corrected chi connectivity index (χ3v) is 5.67. The molecule has 0 aliphatic rings. The summed E-state index contributed by atoms with van der Waals surface area (Å²) in [7, 11) is 0. The second-order valence-corrected chi connectivity index (χ2v) is 7.82. The first kappa shape index (κ1) is 18.9. The lowest BCUT2D eigenvalue weighted by atomic mass is 10.1. The van der Waals surface area contributed by atoms with Crippen molar-refractivity contribution in [3.63, 3.8) is 0 Å². The van der Waals surface area contributed by atoms with Gasteiger partial charge in [-0.25, -0.2) is 9.67 Å². The second kappa shape index (κ2) is 7.13.